The number of hydrogen-bond acceptors (Lipinski definition) is 5. The van der Waals surface area contributed by atoms with Gasteiger partial charge in [-0.1, -0.05) is 18.2 Å². The van der Waals surface area contributed by atoms with Gasteiger partial charge in [0, 0.05) is 5.56 Å². The highest BCUT2D eigenvalue weighted by Crippen LogP contribution is 2.39. The molecule has 0 saturated carbocycles. The summed E-state index contributed by atoms with van der Waals surface area (Å²) in [5.41, 5.74) is 8.16. The smallest absolute Gasteiger partial charge is 0.231 e. The zero-order valence-corrected chi connectivity index (χ0v) is 12.0. The van der Waals surface area contributed by atoms with Crippen LogP contribution in [-0.4, -0.2) is 21.0 Å². The number of methoxy groups -OCH3 is 2. The maximum atomic E-state index is 6.38. The normalized spacial score (nSPS) is 13.9. The standard InChI is InChI=1S/C16H17NO4/c1-18-13-5-3-4-11(16(13)19-2)15(17)10-6-7-12-14(8-10)21-9-20-12/h3-8,15H,9,17H2,1-2H3. The summed E-state index contributed by atoms with van der Waals surface area (Å²) in [7, 11) is 3.21. The number of rotatable bonds is 4. The maximum absolute atomic E-state index is 6.38. The summed E-state index contributed by atoms with van der Waals surface area (Å²) >= 11 is 0. The topological polar surface area (TPSA) is 62.9 Å². The molecule has 2 N–H and O–H groups in total. The first-order chi connectivity index (χ1) is 10.2. The van der Waals surface area contributed by atoms with E-state index in [1.54, 1.807) is 14.2 Å². The molecule has 2 aromatic rings. The average molecular weight is 287 g/mol. The third kappa shape index (κ3) is 2.36. The first-order valence-electron chi connectivity index (χ1n) is 6.60. The van der Waals surface area contributed by atoms with Crippen LogP contribution in [0.3, 0.4) is 0 Å². The number of hydrogen-bond donors (Lipinski definition) is 1. The molecule has 1 unspecified atom stereocenters. The lowest BCUT2D eigenvalue weighted by Crippen LogP contribution is -2.13. The van der Waals surface area contributed by atoms with Gasteiger partial charge in [-0.3, -0.25) is 0 Å². The Balaban J connectivity index is 2.00. The molecule has 1 aliphatic rings. The van der Waals surface area contributed by atoms with E-state index in [-0.39, 0.29) is 12.8 Å². The summed E-state index contributed by atoms with van der Waals surface area (Å²) in [6.07, 6.45) is 0. The average Bonchev–Trinajstić information content (AvgIpc) is 3.00. The maximum Gasteiger partial charge on any atom is 0.231 e. The minimum Gasteiger partial charge on any atom is -0.493 e. The van der Waals surface area contributed by atoms with Crippen LogP contribution in [0.2, 0.25) is 0 Å². The molecule has 1 heterocycles. The summed E-state index contributed by atoms with van der Waals surface area (Å²) in [5.74, 6) is 2.75. The molecule has 0 bridgehead atoms. The molecule has 1 atom stereocenters. The van der Waals surface area contributed by atoms with Crippen LogP contribution < -0.4 is 24.7 Å². The highest BCUT2D eigenvalue weighted by molar-refractivity contribution is 5.53. The minimum absolute atomic E-state index is 0.247. The van der Waals surface area contributed by atoms with Crippen LogP contribution in [0.1, 0.15) is 17.2 Å². The summed E-state index contributed by atoms with van der Waals surface area (Å²) in [4.78, 5) is 0. The van der Waals surface area contributed by atoms with E-state index >= 15 is 0 Å². The number of nitrogens with two attached hydrogens (primary N) is 1. The van der Waals surface area contributed by atoms with Gasteiger partial charge >= 0.3 is 0 Å². The van der Waals surface area contributed by atoms with Crippen LogP contribution >= 0.6 is 0 Å². The van der Waals surface area contributed by atoms with E-state index in [0.29, 0.717) is 17.2 Å². The highest BCUT2D eigenvalue weighted by atomic mass is 16.7. The summed E-state index contributed by atoms with van der Waals surface area (Å²) in [6, 6.07) is 11.0. The van der Waals surface area contributed by atoms with Crippen molar-refractivity contribution in [2.24, 2.45) is 5.73 Å². The van der Waals surface area contributed by atoms with E-state index in [0.717, 1.165) is 16.9 Å². The molecule has 0 radical (unpaired) electrons. The fraction of sp³-hybridized carbons (Fsp3) is 0.250. The number of para-hydroxylation sites is 1. The molecular weight excluding hydrogens is 270 g/mol. The van der Waals surface area contributed by atoms with Crippen LogP contribution in [-0.2, 0) is 0 Å². The summed E-state index contributed by atoms with van der Waals surface area (Å²) in [6.45, 7) is 0.247. The van der Waals surface area contributed by atoms with Gasteiger partial charge in [-0.05, 0) is 23.8 Å². The Morgan fingerprint density at radius 3 is 2.62 bits per heavy atom. The van der Waals surface area contributed by atoms with Gasteiger partial charge in [0.1, 0.15) is 0 Å². The molecule has 0 aliphatic carbocycles. The number of benzene rings is 2. The molecular formula is C16H17NO4. The third-order valence-electron chi connectivity index (χ3n) is 3.52. The van der Waals surface area contributed by atoms with E-state index in [1.807, 2.05) is 36.4 Å². The first kappa shape index (κ1) is 13.6. The Morgan fingerprint density at radius 1 is 1.05 bits per heavy atom. The molecule has 3 rings (SSSR count). The van der Waals surface area contributed by atoms with E-state index in [9.17, 15) is 0 Å². The monoisotopic (exact) mass is 287 g/mol. The van der Waals surface area contributed by atoms with Crippen LogP contribution in [0.5, 0.6) is 23.0 Å². The second kappa shape index (κ2) is 5.54. The molecule has 0 amide bonds. The van der Waals surface area contributed by atoms with Crippen LogP contribution in [0, 0.1) is 0 Å². The highest BCUT2D eigenvalue weighted by Gasteiger charge is 2.20. The van der Waals surface area contributed by atoms with Crippen LogP contribution in [0.4, 0.5) is 0 Å². The van der Waals surface area contributed by atoms with Gasteiger partial charge in [0.2, 0.25) is 6.79 Å². The van der Waals surface area contributed by atoms with E-state index in [1.165, 1.54) is 0 Å². The first-order valence-corrected chi connectivity index (χ1v) is 6.60. The lowest BCUT2D eigenvalue weighted by molar-refractivity contribution is 0.174. The molecule has 110 valence electrons. The Kier molecular flexibility index (Phi) is 3.58. The van der Waals surface area contributed by atoms with Crippen molar-refractivity contribution in [2.45, 2.75) is 6.04 Å². The fourth-order valence-electron chi connectivity index (χ4n) is 2.44. The Bertz CT molecular complexity index is 657. The molecule has 0 saturated heterocycles. The second-order valence-electron chi connectivity index (χ2n) is 4.67. The van der Waals surface area contributed by atoms with E-state index < -0.39 is 0 Å². The predicted molar refractivity (Wildman–Crippen MR) is 78.1 cm³/mol. The van der Waals surface area contributed by atoms with Gasteiger partial charge in [-0.15, -0.1) is 0 Å². The van der Waals surface area contributed by atoms with Gasteiger partial charge in [0.15, 0.2) is 23.0 Å². The Hall–Kier alpha value is -2.40. The lowest BCUT2D eigenvalue weighted by Gasteiger charge is -2.18. The molecule has 2 aromatic carbocycles. The molecule has 0 aromatic heterocycles. The van der Waals surface area contributed by atoms with Crippen molar-refractivity contribution in [1.29, 1.82) is 0 Å². The molecule has 0 fully saturated rings. The fourth-order valence-corrected chi connectivity index (χ4v) is 2.44. The van der Waals surface area contributed by atoms with Gasteiger partial charge < -0.3 is 24.7 Å². The minimum atomic E-state index is -0.343. The number of ether oxygens (including phenoxy) is 4. The van der Waals surface area contributed by atoms with E-state index in [2.05, 4.69) is 0 Å². The van der Waals surface area contributed by atoms with Crippen molar-refractivity contribution in [1.82, 2.24) is 0 Å². The van der Waals surface area contributed by atoms with Crippen LogP contribution in [0.15, 0.2) is 36.4 Å². The summed E-state index contributed by atoms with van der Waals surface area (Å²) in [5, 5.41) is 0. The SMILES string of the molecule is COc1cccc(C(N)c2ccc3c(c2)OCO3)c1OC. The molecule has 0 spiro atoms. The van der Waals surface area contributed by atoms with Crippen molar-refractivity contribution in [3.63, 3.8) is 0 Å². The zero-order chi connectivity index (χ0) is 14.8. The largest absolute Gasteiger partial charge is 0.493 e. The Labute approximate surface area is 123 Å². The van der Waals surface area contributed by atoms with Crippen molar-refractivity contribution >= 4 is 0 Å². The molecule has 5 nitrogen and oxygen atoms in total. The van der Waals surface area contributed by atoms with Crippen molar-refractivity contribution < 1.29 is 18.9 Å². The van der Waals surface area contributed by atoms with Crippen LogP contribution in [0.25, 0.3) is 0 Å². The van der Waals surface area contributed by atoms with Gasteiger partial charge in [0.25, 0.3) is 0 Å². The van der Waals surface area contributed by atoms with Crippen molar-refractivity contribution in [3.05, 3.63) is 47.5 Å². The molecule has 21 heavy (non-hydrogen) atoms. The molecule has 1 aliphatic heterocycles. The van der Waals surface area contributed by atoms with Gasteiger partial charge in [-0.25, -0.2) is 0 Å². The van der Waals surface area contributed by atoms with E-state index in [4.69, 9.17) is 24.7 Å². The second-order valence-corrected chi connectivity index (χ2v) is 4.67. The zero-order valence-electron chi connectivity index (χ0n) is 12.0. The summed E-state index contributed by atoms with van der Waals surface area (Å²) < 4.78 is 21.5. The lowest BCUT2D eigenvalue weighted by atomic mass is 9.98. The Morgan fingerprint density at radius 2 is 1.86 bits per heavy atom. The van der Waals surface area contributed by atoms with Gasteiger partial charge in [0.05, 0.1) is 20.3 Å². The number of fused-ring (bicyclic) bond motifs is 1. The predicted octanol–water partition coefficient (Wildman–Crippen LogP) is 2.48. The van der Waals surface area contributed by atoms with Crippen molar-refractivity contribution in [3.8, 4) is 23.0 Å². The van der Waals surface area contributed by atoms with Gasteiger partial charge in [-0.2, -0.15) is 0 Å². The third-order valence-corrected chi connectivity index (χ3v) is 3.52. The molecule has 5 heteroatoms. The quantitative estimate of drug-likeness (QED) is 0.936. The van der Waals surface area contributed by atoms with Crippen molar-refractivity contribution in [2.75, 3.05) is 21.0 Å².